The molecule has 0 spiro atoms. The van der Waals surface area contributed by atoms with Crippen molar-refractivity contribution in [3.8, 4) is 0 Å². The number of carbonyl (C=O) groups is 3. The lowest BCUT2D eigenvalue weighted by atomic mass is 10.1. The van der Waals surface area contributed by atoms with Gasteiger partial charge < -0.3 is 24.8 Å². The van der Waals surface area contributed by atoms with Crippen molar-refractivity contribution >= 4 is 18.2 Å². The third-order valence-corrected chi connectivity index (χ3v) is 3.48. The zero-order valence-corrected chi connectivity index (χ0v) is 16.4. The van der Waals surface area contributed by atoms with Crippen LogP contribution in [0.2, 0.25) is 0 Å². The summed E-state index contributed by atoms with van der Waals surface area (Å²) < 4.78 is 15.0. The Balaban J connectivity index is 2.65. The quantitative estimate of drug-likeness (QED) is 0.557. The van der Waals surface area contributed by atoms with Crippen molar-refractivity contribution in [2.45, 2.75) is 58.4 Å². The van der Waals surface area contributed by atoms with Crippen molar-refractivity contribution in [3.05, 3.63) is 35.9 Å². The minimum Gasteiger partial charge on any atom is -0.469 e. The van der Waals surface area contributed by atoms with Crippen LogP contribution in [0.4, 0.5) is 9.59 Å². The first-order chi connectivity index (χ1) is 12.6. The molecular weight excluding hydrogens is 352 g/mol. The van der Waals surface area contributed by atoms with Crippen molar-refractivity contribution in [2.75, 3.05) is 7.11 Å². The van der Waals surface area contributed by atoms with E-state index in [9.17, 15) is 14.4 Å². The summed E-state index contributed by atoms with van der Waals surface area (Å²) in [6.45, 7) is 6.95. The van der Waals surface area contributed by atoms with Crippen LogP contribution in [0.25, 0.3) is 0 Å². The minimum atomic E-state index is -0.728. The molecule has 0 aliphatic heterocycles. The van der Waals surface area contributed by atoms with Crippen LogP contribution in [-0.2, 0) is 25.6 Å². The molecule has 2 amide bonds. The zero-order valence-electron chi connectivity index (χ0n) is 16.4. The summed E-state index contributed by atoms with van der Waals surface area (Å²) in [4.78, 5) is 35.7. The van der Waals surface area contributed by atoms with Crippen LogP contribution in [0.3, 0.4) is 0 Å². The van der Waals surface area contributed by atoms with Gasteiger partial charge in [-0.3, -0.25) is 4.79 Å². The van der Waals surface area contributed by atoms with E-state index in [1.54, 1.807) is 27.7 Å². The van der Waals surface area contributed by atoms with Gasteiger partial charge in [0.05, 0.1) is 25.6 Å². The number of alkyl carbamates (subject to hydrolysis) is 2. The normalized spacial score (nSPS) is 13.1. The van der Waals surface area contributed by atoms with Crippen LogP contribution >= 0.6 is 0 Å². The average molecular weight is 380 g/mol. The highest BCUT2D eigenvalue weighted by Gasteiger charge is 2.27. The fraction of sp³-hybridized carbons (Fsp3) is 0.526. The molecule has 1 aromatic rings. The highest BCUT2D eigenvalue weighted by molar-refractivity contribution is 5.73. The predicted octanol–water partition coefficient (Wildman–Crippen LogP) is 2.76. The lowest BCUT2D eigenvalue weighted by Gasteiger charge is -2.27. The Hall–Kier alpha value is -2.77. The maximum Gasteiger partial charge on any atom is 0.407 e. The maximum atomic E-state index is 12.1. The first-order valence-electron chi connectivity index (χ1n) is 8.64. The predicted molar refractivity (Wildman–Crippen MR) is 99.0 cm³/mol. The van der Waals surface area contributed by atoms with Gasteiger partial charge in [-0.2, -0.15) is 0 Å². The van der Waals surface area contributed by atoms with Crippen molar-refractivity contribution in [2.24, 2.45) is 0 Å². The summed E-state index contributed by atoms with van der Waals surface area (Å²) in [6, 6.07) is 7.86. The number of ether oxygens (including phenoxy) is 3. The number of benzene rings is 1. The molecule has 0 aromatic heterocycles. The van der Waals surface area contributed by atoms with Crippen LogP contribution < -0.4 is 10.6 Å². The minimum absolute atomic E-state index is 0.0888. The van der Waals surface area contributed by atoms with Crippen LogP contribution in [0.15, 0.2) is 30.3 Å². The Morgan fingerprint density at radius 3 is 2.22 bits per heavy atom. The van der Waals surface area contributed by atoms with E-state index in [4.69, 9.17) is 9.47 Å². The van der Waals surface area contributed by atoms with Gasteiger partial charge >= 0.3 is 18.2 Å². The van der Waals surface area contributed by atoms with Gasteiger partial charge in [-0.15, -0.1) is 0 Å². The molecule has 1 aromatic carbocycles. The van der Waals surface area contributed by atoms with E-state index in [1.807, 2.05) is 30.3 Å². The summed E-state index contributed by atoms with van der Waals surface area (Å²) in [5.41, 5.74) is 0.168. The van der Waals surface area contributed by atoms with Crippen molar-refractivity contribution < 1.29 is 28.6 Å². The lowest BCUT2D eigenvalue weighted by Crippen LogP contribution is -2.52. The fourth-order valence-corrected chi connectivity index (χ4v) is 2.13. The summed E-state index contributed by atoms with van der Waals surface area (Å²) >= 11 is 0. The number of nitrogens with one attached hydrogen (secondary N) is 2. The molecule has 0 aliphatic rings. The van der Waals surface area contributed by atoms with Crippen molar-refractivity contribution in [1.29, 1.82) is 0 Å². The summed E-state index contributed by atoms with van der Waals surface area (Å²) in [6.07, 6.45) is -1.48. The van der Waals surface area contributed by atoms with Gasteiger partial charge in [0.2, 0.25) is 0 Å². The Bertz CT molecular complexity index is 627. The molecule has 0 saturated carbocycles. The highest BCUT2D eigenvalue weighted by atomic mass is 16.6. The Morgan fingerprint density at radius 2 is 1.67 bits per heavy atom. The summed E-state index contributed by atoms with van der Waals surface area (Å²) in [5, 5.41) is 5.19. The summed E-state index contributed by atoms with van der Waals surface area (Å²) in [7, 11) is 1.25. The van der Waals surface area contributed by atoms with Gasteiger partial charge in [0.1, 0.15) is 12.2 Å². The largest absolute Gasteiger partial charge is 0.469 e. The molecule has 150 valence electrons. The van der Waals surface area contributed by atoms with Crippen LogP contribution in [-0.4, -0.2) is 43.0 Å². The van der Waals surface area contributed by atoms with Gasteiger partial charge in [0.15, 0.2) is 0 Å². The fourth-order valence-electron chi connectivity index (χ4n) is 2.13. The van der Waals surface area contributed by atoms with E-state index >= 15 is 0 Å². The molecule has 8 nitrogen and oxygen atoms in total. The van der Waals surface area contributed by atoms with E-state index in [0.717, 1.165) is 5.56 Å². The monoisotopic (exact) mass is 380 g/mol. The number of methoxy groups -OCH3 is 1. The molecule has 0 unspecified atom stereocenters. The maximum absolute atomic E-state index is 12.1. The van der Waals surface area contributed by atoms with Gasteiger partial charge in [0.25, 0.3) is 0 Å². The van der Waals surface area contributed by atoms with E-state index in [1.165, 1.54) is 7.11 Å². The molecule has 1 rings (SSSR count). The Labute approximate surface area is 159 Å². The highest BCUT2D eigenvalue weighted by Crippen LogP contribution is 2.09. The zero-order chi connectivity index (χ0) is 20.4. The molecule has 2 N–H and O–H groups in total. The third kappa shape index (κ3) is 9.48. The van der Waals surface area contributed by atoms with E-state index in [2.05, 4.69) is 15.4 Å². The lowest BCUT2D eigenvalue weighted by molar-refractivity contribution is -0.141. The number of hydrogen-bond donors (Lipinski definition) is 2. The van der Waals surface area contributed by atoms with Crippen molar-refractivity contribution in [1.82, 2.24) is 10.6 Å². The van der Waals surface area contributed by atoms with Gasteiger partial charge in [0, 0.05) is 0 Å². The van der Waals surface area contributed by atoms with Crippen LogP contribution in [0.5, 0.6) is 0 Å². The molecule has 0 heterocycles. The Kier molecular flexibility index (Phi) is 8.58. The second-order valence-corrected chi connectivity index (χ2v) is 7.03. The Morgan fingerprint density at radius 1 is 1.04 bits per heavy atom. The first kappa shape index (κ1) is 22.3. The van der Waals surface area contributed by atoms with Gasteiger partial charge in [-0.1, -0.05) is 30.3 Å². The van der Waals surface area contributed by atoms with E-state index in [0.29, 0.717) is 0 Å². The average Bonchev–Trinajstić information content (AvgIpc) is 2.58. The SMILES string of the molecule is COC(=O)C[C@@H](NC(=O)OCc1ccccc1)[C@H](C)NC(=O)OC(C)(C)C. The number of carbonyl (C=O) groups excluding carboxylic acids is 3. The van der Waals surface area contributed by atoms with E-state index in [-0.39, 0.29) is 13.0 Å². The molecule has 2 atom stereocenters. The second kappa shape index (κ2) is 10.4. The molecular formula is C19H28N2O6. The number of rotatable bonds is 7. The van der Waals surface area contributed by atoms with Gasteiger partial charge in [-0.05, 0) is 33.3 Å². The second-order valence-electron chi connectivity index (χ2n) is 7.03. The van der Waals surface area contributed by atoms with E-state index < -0.39 is 35.8 Å². The number of hydrogen-bond acceptors (Lipinski definition) is 6. The van der Waals surface area contributed by atoms with Crippen LogP contribution in [0.1, 0.15) is 39.7 Å². The number of esters is 1. The van der Waals surface area contributed by atoms with Crippen molar-refractivity contribution in [3.63, 3.8) is 0 Å². The third-order valence-electron chi connectivity index (χ3n) is 3.48. The molecule has 27 heavy (non-hydrogen) atoms. The first-order valence-corrected chi connectivity index (χ1v) is 8.64. The molecule has 0 radical (unpaired) electrons. The smallest absolute Gasteiger partial charge is 0.407 e. The molecule has 0 bridgehead atoms. The molecule has 0 aliphatic carbocycles. The molecule has 8 heteroatoms. The van der Waals surface area contributed by atoms with Gasteiger partial charge in [-0.25, -0.2) is 9.59 Å². The molecule has 0 fully saturated rings. The number of amides is 2. The molecule has 0 saturated heterocycles. The standard InChI is InChI=1S/C19H28N2O6/c1-13(20-18(24)27-19(2,3)4)15(11-16(22)25-5)21-17(23)26-12-14-9-7-6-8-10-14/h6-10,13,15H,11-12H2,1-5H3,(H,20,24)(H,21,23)/t13-,15+/m0/s1. The summed E-state index contributed by atoms with van der Waals surface area (Å²) in [5.74, 6) is -0.527. The van der Waals surface area contributed by atoms with Crippen LogP contribution in [0, 0.1) is 0 Å². The topological polar surface area (TPSA) is 103 Å².